The minimum atomic E-state index is -0.239. The molecule has 1 atom stereocenters. The van der Waals surface area contributed by atoms with Crippen LogP contribution in [0.3, 0.4) is 0 Å². The van der Waals surface area contributed by atoms with Gasteiger partial charge in [-0.3, -0.25) is 9.59 Å². The van der Waals surface area contributed by atoms with Gasteiger partial charge < -0.3 is 11.1 Å². The molecule has 0 bridgehead atoms. The van der Waals surface area contributed by atoms with Gasteiger partial charge in [0.2, 0.25) is 11.0 Å². The summed E-state index contributed by atoms with van der Waals surface area (Å²) in [6, 6.07) is -0.239. The van der Waals surface area contributed by atoms with Crippen molar-refractivity contribution in [2.45, 2.75) is 38.1 Å². The summed E-state index contributed by atoms with van der Waals surface area (Å²) in [6.07, 6.45) is 4.09. The molecule has 15 heavy (non-hydrogen) atoms. The number of hydrogen-bond donors (Lipinski definition) is 2. The number of amides is 1. The maximum absolute atomic E-state index is 11.4. The van der Waals surface area contributed by atoms with Crippen molar-refractivity contribution in [3.8, 4) is 0 Å². The predicted octanol–water partition coefficient (Wildman–Crippen LogP) is 0.654. The van der Waals surface area contributed by atoms with Crippen molar-refractivity contribution in [3.63, 3.8) is 0 Å². The third kappa shape index (κ3) is 4.66. The Morgan fingerprint density at radius 3 is 2.87 bits per heavy atom. The van der Waals surface area contributed by atoms with Crippen LogP contribution >= 0.6 is 11.8 Å². The van der Waals surface area contributed by atoms with Crippen LogP contribution in [0.25, 0.3) is 0 Å². The van der Waals surface area contributed by atoms with Crippen LogP contribution in [0.4, 0.5) is 0 Å². The first-order valence-electron chi connectivity index (χ1n) is 5.40. The topological polar surface area (TPSA) is 72.2 Å². The highest BCUT2D eigenvalue weighted by atomic mass is 32.2. The normalized spacial score (nSPS) is 20.6. The molecule has 1 heterocycles. The summed E-state index contributed by atoms with van der Waals surface area (Å²) in [5.74, 6) is 0.824. The second kappa shape index (κ2) is 6.85. The molecule has 1 rings (SSSR count). The molecule has 0 saturated carbocycles. The van der Waals surface area contributed by atoms with Crippen molar-refractivity contribution in [2.75, 3.05) is 12.3 Å². The Balaban J connectivity index is 2.10. The Labute approximate surface area is 94.4 Å². The average molecular weight is 230 g/mol. The van der Waals surface area contributed by atoms with Crippen LogP contribution in [-0.2, 0) is 9.59 Å². The van der Waals surface area contributed by atoms with Gasteiger partial charge >= 0.3 is 0 Å². The lowest BCUT2D eigenvalue weighted by atomic mass is 10.1. The van der Waals surface area contributed by atoms with E-state index in [1.54, 1.807) is 0 Å². The monoisotopic (exact) mass is 230 g/mol. The second-order valence-electron chi connectivity index (χ2n) is 3.68. The van der Waals surface area contributed by atoms with Gasteiger partial charge in [0.15, 0.2) is 0 Å². The molecule has 1 saturated heterocycles. The van der Waals surface area contributed by atoms with Crippen molar-refractivity contribution < 1.29 is 9.59 Å². The van der Waals surface area contributed by atoms with E-state index in [4.69, 9.17) is 5.73 Å². The highest BCUT2D eigenvalue weighted by molar-refractivity contribution is 8.14. The minimum absolute atomic E-state index is 0.00660. The zero-order valence-corrected chi connectivity index (χ0v) is 9.65. The molecule has 0 radical (unpaired) electrons. The van der Waals surface area contributed by atoms with Gasteiger partial charge in [-0.05, 0) is 25.8 Å². The molecule has 4 nitrogen and oxygen atoms in total. The fourth-order valence-corrected chi connectivity index (χ4v) is 2.43. The molecule has 0 aromatic carbocycles. The number of nitrogens with one attached hydrogen (secondary N) is 1. The van der Waals surface area contributed by atoms with Crippen molar-refractivity contribution in [1.29, 1.82) is 0 Å². The van der Waals surface area contributed by atoms with E-state index in [0.29, 0.717) is 13.0 Å². The first kappa shape index (κ1) is 12.5. The van der Waals surface area contributed by atoms with Gasteiger partial charge in [0.05, 0.1) is 6.04 Å². The molecule has 3 N–H and O–H groups in total. The fraction of sp³-hybridized carbons (Fsp3) is 0.800. The molecule has 0 aromatic rings. The zero-order valence-electron chi connectivity index (χ0n) is 8.83. The van der Waals surface area contributed by atoms with E-state index in [1.807, 2.05) is 0 Å². The molecule has 0 unspecified atom stereocenters. The maximum atomic E-state index is 11.4. The summed E-state index contributed by atoms with van der Waals surface area (Å²) in [4.78, 5) is 22.6. The van der Waals surface area contributed by atoms with Gasteiger partial charge in [0, 0.05) is 12.2 Å². The Bertz CT molecular complexity index is 233. The second-order valence-corrected chi connectivity index (χ2v) is 4.77. The van der Waals surface area contributed by atoms with Crippen LogP contribution in [0.2, 0.25) is 0 Å². The minimum Gasteiger partial charge on any atom is -0.345 e. The largest absolute Gasteiger partial charge is 0.345 e. The first-order valence-corrected chi connectivity index (χ1v) is 6.38. The van der Waals surface area contributed by atoms with Crippen LogP contribution < -0.4 is 11.1 Å². The number of carbonyl (C=O) groups is 2. The lowest BCUT2D eigenvalue weighted by molar-refractivity contribution is -0.124. The SMILES string of the molecule is NCCCCCC(=O)N[C@H]1CCSC1=O. The molecular weight excluding hydrogens is 212 g/mol. The summed E-state index contributed by atoms with van der Waals surface area (Å²) in [5.41, 5.74) is 5.35. The van der Waals surface area contributed by atoms with E-state index in [1.165, 1.54) is 11.8 Å². The van der Waals surface area contributed by atoms with Crippen molar-refractivity contribution >= 4 is 22.8 Å². The number of carbonyl (C=O) groups excluding carboxylic acids is 2. The Morgan fingerprint density at radius 1 is 1.47 bits per heavy atom. The quantitative estimate of drug-likeness (QED) is 0.657. The number of hydrogen-bond acceptors (Lipinski definition) is 4. The predicted molar refractivity (Wildman–Crippen MR) is 61.5 cm³/mol. The molecule has 1 aliphatic heterocycles. The number of nitrogens with two attached hydrogens (primary N) is 1. The van der Waals surface area contributed by atoms with Gasteiger partial charge in [0.1, 0.15) is 0 Å². The maximum Gasteiger partial charge on any atom is 0.220 e. The molecule has 86 valence electrons. The molecule has 0 aliphatic carbocycles. The highest BCUT2D eigenvalue weighted by Gasteiger charge is 2.26. The van der Waals surface area contributed by atoms with Gasteiger partial charge in [-0.1, -0.05) is 18.2 Å². The van der Waals surface area contributed by atoms with E-state index in [0.717, 1.165) is 31.4 Å². The summed E-state index contributed by atoms with van der Waals surface area (Å²) in [7, 11) is 0. The van der Waals surface area contributed by atoms with E-state index < -0.39 is 0 Å². The molecule has 0 spiro atoms. The average Bonchev–Trinajstić information content (AvgIpc) is 2.59. The number of rotatable bonds is 6. The first-order chi connectivity index (χ1) is 7.24. The molecule has 0 aromatic heterocycles. The Hall–Kier alpha value is -0.550. The third-order valence-corrected chi connectivity index (χ3v) is 3.39. The van der Waals surface area contributed by atoms with E-state index in [2.05, 4.69) is 5.32 Å². The summed E-state index contributed by atoms with van der Waals surface area (Å²) in [6.45, 7) is 0.680. The Kier molecular flexibility index (Phi) is 5.71. The number of thioether (sulfide) groups is 1. The summed E-state index contributed by atoms with van der Waals surface area (Å²) >= 11 is 1.31. The zero-order chi connectivity index (χ0) is 11.1. The standard InChI is InChI=1S/C10H18N2O2S/c11-6-3-1-2-4-9(13)12-8-5-7-15-10(8)14/h8H,1-7,11H2,(H,12,13)/t8-/m0/s1. The van der Waals surface area contributed by atoms with Crippen LogP contribution in [0, 0.1) is 0 Å². The van der Waals surface area contributed by atoms with Crippen LogP contribution in [-0.4, -0.2) is 29.4 Å². The van der Waals surface area contributed by atoms with Gasteiger partial charge in [-0.2, -0.15) is 0 Å². The van der Waals surface area contributed by atoms with E-state index in [9.17, 15) is 9.59 Å². The van der Waals surface area contributed by atoms with E-state index in [-0.39, 0.29) is 17.1 Å². The molecule has 1 fully saturated rings. The molecule has 1 aliphatic rings. The van der Waals surface area contributed by atoms with Crippen molar-refractivity contribution in [2.24, 2.45) is 5.73 Å². The van der Waals surface area contributed by atoms with Gasteiger partial charge in [-0.15, -0.1) is 0 Å². The fourth-order valence-electron chi connectivity index (χ4n) is 1.50. The third-order valence-electron chi connectivity index (χ3n) is 2.38. The summed E-state index contributed by atoms with van der Waals surface area (Å²) in [5, 5.41) is 2.87. The number of unbranched alkanes of at least 4 members (excludes halogenated alkanes) is 2. The molecule has 5 heteroatoms. The summed E-state index contributed by atoms with van der Waals surface area (Å²) < 4.78 is 0. The highest BCUT2D eigenvalue weighted by Crippen LogP contribution is 2.19. The van der Waals surface area contributed by atoms with Gasteiger partial charge in [0.25, 0.3) is 0 Å². The Morgan fingerprint density at radius 2 is 2.27 bits per heavy atom. The van der Waals surface area contributed by atoms with Crippen LogP contribution in [0.1, 0.15) is 32.1 Å². The molecule has 1 amide bonds. The smallest absolute Gasteiger partial charge is 0.220 e. The lowest BCUT2D eigenvalue weighted by Gasteiger charge is -2.09. The van der Waals surface area contributed by atoms with Crippen molar-refractivity contribution in [3.05, 3.63) is 0 Å². The van der Waals surface area contributed by atoms with Crippen molar-refractivity contribution in [1.82, 2.24) is 5.32 Å². The van der Waals surface area contributed by atoms with Crippen LogP contribution in [0.5, 0.6) is 0 Å². The lowest BCUT2D eigenvalue weighted by Crippen LogP contribution is -2.36. The van der Waals surface area contributed by atoms with E-state index >= 15 is 0 Å². The van der Waals surface area contributed by atoms with Crippen LogP contribution in [0.15, 0.2) is 0 Å². The molecular formula is C10H18N2O2S. The van der Waals surface area contributed by atoms with Gasteiger partial charge in [-0.25, -0.2) is 0 Å².